The van der Waals surface area contributed by atoms with Crippen molar-refractivity contribution in [2.45, 2.75) is 25.7 Å². The normalized spacial score (nSPS) is 15.3. The Balaban J connectivity index is 1.83. The highest BCUT2D eigenvalue weighted by molar-refractivity contribution is 5.47. The van der Waals surface area contributed by atoms with Crippen molar-refractivity contribution in [2.75, 3.05) is 6.61 Å². The number of aromatic nitrogens is 3. The number of nitrogens with zero attached hydrogens (tertiary/aromatic N) is 2. The van der Waals surface area contributed by atoms with Crippen LogP contribution in [0.15, 0.2) is 16.5 Å². The molecule has 2 aromatic rings. The van der Waals surface area contributed by atoms with Gasteiger partial charge in [-0.25, -0.2) is 4.98 Å². The molecule has 1 fully saturated rings. The van der Waals surface area contributed by atoms with Crippen molar-refractivity contribution in [2.24, 2.45) is 0 Å². The van der Waals surface area contributed by atoms with Crippen LogP contribution in [0.25, 0.3) is 11.6 Å². The zero-order valence-corrected chi connectivity index (χ0v) is 9.06. The first-order valence-corrected chi connectivity index (χ1v) is 5.52. The standard InChI is InChI=1S/C11H13N3O2/c1-2-15-9-6-5-8(16-9)11-12-10(13-14-11)7-3-4-7/h5-7H,2-4H2,1H3,(H,12,13,14). The second-order valence-electron chi connectivity index (χ2n) is 3.87. The van der Waals surface area contributed by atoms with Gasteiger partial charge in [0, 0.05) is 12.0 Å². The maximum atomic E-state index is 5.46. The Morgan fingerprint density at radius 3 is 3.12 bits per heavy atom. The molecule has 1 aliphatic carbocycles. The number of H-pyrrole nitrogens is 1. The minimum atomic E-state index is 0.510. The van der Waals surface area contributed by atoms with Gasteiger partial charge < -0.3 is 9.15 Å². The molecule has 1 N–H and O–H groups in total. The minimum Gasteiger partial charge on any atom is -0.465 e. The molecule has 84 valence electrons. The lowest BCUT2D eigenvalue weighted by atomic mass is 10.4. The zero-order valence-electron chi connectivity index (χ0n) is 9.06. The smallest absolute Gasteiger partial charge is 0.284 e. The molecule has 0 aliphatic heterocycles. The molecule has 1 saturated carbocycles. The number of furan rings is 1. The molecule has 1 aliphatic rings. The molecule has 5 nitrogen and oxygen atoms in total. The van der Waals surface area contributed by atoms with E-state index < -0.39 is 0 Å². The Hall–Kier alpha value is -1.78. The molecule has 0 aromatic carbocycles. The number of rotatable bonds is 4. The molecule has 5 heteroatoms. The number of hydrogen-bond donors (Lipinski definition) is 1. The molecule has 0 atom stereocenters. The Morgan fingerprint density at radius 2 is 2.38 bits per heavy atom. The number of nitrogens with one attached hydrogen (secondary N) is 1. The summed E-state index contributed by atoms with van der Waals surface area (Å²) < 4.78 is 10.7. The first-order valence-electron chi connectivity index (χ1n) is 5.52. The lowest BCUT2D eigenvalue weighted by Gasteiger charge is -1.94. The van der Waals surface area contributed by atoms with Crippen LogP contribution in [0.5, 0.6) is 5.95 Å². The molecule has 0 saturated heterocycles. The molecule has 0 radical (unpaired) electrons. The van der Waals surface area contributed by atoms with Gasteiger partial charge in [0.15, 0.2) is 5.76 Å². The van der Waals surface area contributed by atoms with E-state index in [9.17, 15) is 0 Å². The van der Waals surface area contributed by atoms with E-state index in [0.29, 0.717) is 30.1 Å². The SMILES string of the molecule is CCOc1ccc(-c2n[nH]c(C3CC3)n2)o1. The van der Waals surface area contributed by atoms with Gasteiger partial charge in [-0.1, -0.05) is 0 Å². The van der Waals surface area contributed by atoms with E-state index in [2.05, 4.69) is 15.2 Å². The largest absolute Gasteiger partial charge is 0.465 e. The molecular weight excluding hydrogens is 206 g/mol. The lowest BCUT2D eigenvalue weighted by Crippen LogP contribution is -1.88. The van der Waals surface area contributed by atoms with Crippen LogP contribution < -0.4 is 4.74 Å². The van der Waals surface area contributed by atoms with E-state index in [-0.39, 0.29) is 0 Å². The van der Waals surface area contributed by atoms with Gasteiger partial charge in [-0.05, 0) is 25.8 Å². The van der Waals surface area contributed by atoms with Gasteiger partial charge in [-0.2, -0.15) is 5.10 Å². The second-order valence-corrected chi connectivity index (χ2v) is 3.87. The van der Waals surface area contributed by atoms with Crippen molar-refractivity contribution >= 4 is 0 Å². The number of aromatic amines is 1. The van der Waals surface area contributed by atoms with Crippen LogP contribution in [-0.2, 0) is 0 Å². The summed E-state index contributed by atoms with van der Waals surface area (Å²) >= 11 is 0. The quantitative estimate of drug-likeness (QED) is 0.857. The molecule has 0 unspecified atom stereocenters. The summed E-state index contributed by atoms with van der Waals surface area (Å²) in [4.78, 5) is 4.40. The maximum absolute atomic E-state index is 5.46. The molecule has 16 heavy (non-hydrogen) atoms. The molecule has 3 rings (SSSR count). The van der Waals surface area contributed by atoms with E-state index in [1.54, 1.807) is 6.07 Å². The first kappa shape index (κ1) is 9.45. The van der Waals surface area contributed by atoms with Crippen LogP contribution in [0.3, 0.4) is 0 Å². The lowest BCUT2D eigenvalue weighted by molar-refractivity contribution is 0.260. The van der Waals surface area contributed by atoms with Crippen molar-refractivity contribution in [3.05, 3.63) is 18.0 Å². The van der Waals surface area contributed by atoms with Crippen LogP contribution in [0.4, 0.5) is 0 Å². The van der Waals surface area contributed by atoms with E-state index in [4.69, 9.17) is 9.15 Å². The van der Waals surface area contributed by atoms with Crippen LogP contribution in [0.2, 0.25) is 0 Å². The van der Waals surface area contributed by atoms with Crippen molar-refractivity contribution in [3.63, 3.8) is 0 Å². The predicted molar refractivity (Wildman–Crippen MR) is 57.2 cm³/mol. The maximum Gasteiger partial charge on any atom is 0.284 e. The summed E-state index contributed by atoms with van der Waals surface area (Å²) in [5, 5.41) is 7.08. The van der Waals surface area contributed by atoms with Gasteiger partial charge in [0.2, 0.25) is 5.82 Å². The highest BCUT2D eigenvalue weighted by Crippen LogP contribution is 2.38. The molecule has 0 bridgehead atoms. The van der Waals surface area contributed by atoms with Gasteiger partial charge in [0.1, 0.15) is 5.82 Å². The van der Waals surface area contributed by atoms with Crippen molar-refractivity contribution in [3.8, 4) is 17.5 Å². The summed E-state index contributed by atoms with van der Waals surface area (Å²) in [6.45, 7) is 2.51. The summed E-state index contributed by atoms with van der Waals surface area (Å²) in [7, 11) is 0. The van der Waals surface area contributed by atoms with Crippen molar-refractivity contribution < 1.29 is 9.15 Å². The third-order valence-corrected chi connectivity index (χ3v) is 2.56. The van der Waals surface area contributed by atoms with Gasteiger partial charge in [-0.3, -0.25) is 5.10 Å². The van der Waals surface area contributed by atoms with Crippen LogP contribution in [0, 0.1) is 0 Å². The fraction of sp³-hybridized carbons (Fsp3) is 0.455. The Kier molecular flexibility index (Phi) is 2.16. The first-order chi connectivity index (χ1) is 7.86. The molecular formula is C11H13N3O2. The molecule has 0 amide bonds. The third kappa shape index (κ3) is 1.68. The highest BCUT2D eigenvalue weighted by Gasteiger charge is 2.27. The molecule has 0 spiro atoms. The second kappa shape index (κ2) is 3.66. The van der Waals surface area contributed by atoms with E-state index >= 15 is 0 Å². The zero-order chi connectivity index (χ0) is 11.0. The van der Waals surface area contributed by atoms with Gasteiger partial charge >= 0.3 is 0 Å². The van der Waals surface area contributed by atoms with Gasteiger partial charge in [-0.15, -0.1) is 0 Å². The van der Waals surface area contributed by atoms with E-state index in [0.717, 1.165) is 5.82 Å². The fourth-order valence-corrected chi connectivity index (χ4v) is 1.58. The molecule has 2 heterocycles. The average Bonchev–Trinajstić information content (AvgIpc) is 2.85. The van der Waals surface area contributed by atoms with Crippen LogP contribution in [0.1, 0.15) is 31.5 Å². The Bertz CT molecular complexity index is 485. The van der Waals surface area contributed by atoms with Crippen molar-refractivity contribution in [1.29, 1.82) is 0 Å². The summed E-state index contributed by atoms with van der Waals surface area (Å²) in [6.07, 6.45) is 2.41. The monoisotopic (exact) mass is 219 g/mol. The number of ether oxygens (including phenoxy) is 1. The highest BCUT2D eigenvalue weighted by atomic mass is 16.6. The summed E-state index contributed by atoms with van der Waals surface area (Å²) in [5.74, 6) is 3.29. The Morgan fingerprint density at radius 1 is 1.50 bits per heavy atom. The van der Waals surface area contributed by atoms with Crippen LogP contribution in [-0.4, -0.2) is 21.8 Å². The van der Waals surface area contributed by atoms with Gasteiger partial charge in [0.25, 0.3) is 5.95 Å². The molecule has 2 aromatic heterocycles. The topological polar surface area (TPSA) is 63.9 Å². The Labute approximate surface area is 92.8 Å². The van der Waals surface area contributed by atoms with Gasteiger partial charge in [0.05, 0.1) is 6.61 Å². The van der Waals surface area contributed by atoms with E-state index in [1.165, 1.54) is 12.8 Å². The minimum absolute atomic E-state index is 0.510. The average molecular weight is 219 g/mol. The predicted octanol–water partition coefficient (Wildman–Crippen LogP) is 2.34. The summed E-state index contributed by atoms with van der Waals surface area (Å²) in [5.41, 5.74) is 0. The third-order valence-electron chi connectivity index (χ3n) is 2.56. The van der Waals surface area contributed by atoms with E-state index in [1.807, 2.05) is 13.0 Å². The summed E-state index contributed by atoms with van der Waals surface area (Å²) in [6, 6.07) is 3.61. The van der Waals surface area contributed by atoms with Crippen LogP contribution >= 0.6 is 0 Å². The fourth-order valence-electron chi connectivity index (χ4n) is 1.58. The number of hydrogen-bond acceptors (Lipinski definition) is 4. The van der Waals surface area contributed by atoms with Crippen molar-refractivity contribution in [1.82, 2.24) is 15.2 Å².